The molecule has 0 aliphatic heterocycles. The molecule has 0 spiro atoms. The SMILES string of the molecule is Cc1ccc(C=C(NC(=O)c2ccc(C)cc2)C(=O)NCCO)cc1. The average Bonchev–Trinajstić information content (AvgIpc) is 2.61. The summed E-state index contributed by atoms with van der Waals surface area (Å²) in [5.74, 6) is -0.812. The van der Waals surface area contributed by atoms with Gasteiger partial charge in [0.1, 0.15) is 5.70 Å². The monoisotopic (exact) mass is 338 g/mol. The first-order valence-electron chi connectivity index (χ1n) is 8.05. The molecule has 0 atom stereocenters. The van der Waals surface area contributed by atoms with Gasteiger partial charge in [-0.25, -0.2) is 0 Å². The highest BCUT2D eigenvalue weighted by molar-refractivity contribution is 6.05. The van der Waals surface area contributed by atoms with Crippen molar-refractivity contribution in [2.75, 3.05) is 13.2 Å². The molecule has 0 bridgehead atoms. The third kappa shape index (κ3) is 5.58. The van der Waals surface area contributed by atoms with Crippen LogP contribution in [0.2, 0.25) is 0 Å². The minimum atomic E-state index is -0.449. The quantitative estimate of drug-likeness (QED) is 0.707. The number of aliphatic hydroxyl groups is 1. The van der Waals surface area contributed by atoms with E-state index in [1.165, 1.54) is 0 Å². The molecule has 0 heterocycles. The second kappa shape index (κ2) is 8.80. The van der Waals surface area contributed by atoms with Crippen LogP contribution in [0.4, 0.5) is 0 Å². The molecular weight excluding hydrogens is 316 g/mol. The van der Waals surface area contributed by atoms with Crippen molar-refractivity contribution in [3.8, 4) is 0 Å². The fourth-order valence-corrected chi connectivity index (χ4v) is 2.15. The Hall–Kier alpha value is -2.92. The van der Waals surface area contributed by atoms with E-state index in [0.29, 0.717) is 5.56 Å². The third-order valence-corrected chi connectivity index (χ3v) is 3.59. The summed E-state index contributed by atoms with van der Waals surface area (Å²) in [6.07, 6.45) is 1.61. The van der Waals surface area contributed by atoms with Crippen molar-refractivity contribution < 1.29 is 14.7 Å². The zero-order valence-electron chi connectivity index (χ0n) is 14.4. The van der Waals surface area contributed by atoms with Gasteiger partial charge in [-0.3, -0.25) is 9.59 Å². The Balaban J connectivity index is 2.24. The van der Waals surface area contributed by atoms with Crippen molar-refractivity contribution in [2.45, 2.75) is 13.8 Å². The first-order valence-corrected chi connectivity index (χ1v) is 8.05. The van der Waals surface area contributed by atoms with E-state index in [0.717, 1.165) is 16.7 Å². The second-order valence-electron chi connectivity index (χ2n) is 5.77. The maximum atomic E-state index is 12.4. The molecule has 5 nitrogen and oxygen atoms in total. The Morgan fingerprint density at radius 1 is 0.960 bits per heavy atom. The number of amides is 2. The zero-order chi connectivity index (χ0) is 18.2. The van der Waals surface area contributed by atoms with E-state index >= 15 is 0 Å². The Bertz CT molecular complexity index is 763. The van der Waals surface area contributed by atoms with Gasteiger partial charge in [0.25, 0.3) is 11.8 Å². The molecule has 2 aromatic rings. The highest BCUT2D eigenvalue weighted by atomic mass is 16.3. The van der Waals surface area contributed by atoms with Crippen molar-refractivity contribution in [3.05, 3.63) is 76.5 Å². The molecule has 0 saturated carbocycles. The van der Waals surface area contributed by atoms with E-state index in [4.69, 9.17) is 5.11 Å². The number of hydrogen-bond acceptors (Lipinski definition) is 3. The zero-order valence-corrected chi connectivity index (χ0v) is 14.4. The molecule has 0 aromatic heterocycles. The van der Waals surface area contributed by atoms with E-state index in [-0.39, 0.29) is 24.8 Å². The molecule has 0 aliphatic carbocycles. The predicted molar refractivity (Wildman–Crippen MR) is 97.9 cm³/mol. The van der Waals surface area contributed by atoms with Crippen molar-refractivity contribution in [1.82, 2.24) is 10.6 Å². The van der Waals surface area contributed by atoms with Crippen LogP contribution >= 0.6 is 0 Å². The van der Waals surface area contributed by atoms with Crippen LogP contribution in [-0.4, -0.2) is 30.1 Å². The number of hydrogen-bond donors (Lipinski definition) is 3. The molecule has 2 aromatic carbocycles. The summed E-state index contributed by atoms with van der Waals surface area (Å²) >= 11 is 0. The minimum Gasteiger partial charge on any atom is -0.395 e. The summed E-state index contributed by atoms with van der Waals surface area (Å²) in [5.41, 5.74) is 3.54. The fourth-order valence-electron chi connectivity index (χ4n) is 2.15. The van der Waals surface area contributed by atoms with Gasteiger partial charge in [-0.1, -0.05) is 47.5 Å². The first-order chi connectivity index (χ1) is 12.0. The van der Waals surface area contributed by atoms with E-state index in [2.05, 4.69) is 10.6 Å². The minimum absolute atomic E-state index is 0.116. The van der Waals surface area contributed by atoms with Crippen LogP contribution in [0.1, 0.15) is 27.0 Å². The van der Waals surface area contributed by atoms with E-state index in [1.807, 2.05) is 50.2 Å². The average molecular weight is 338 g/mol. The standard InChI is InChI=1S/C20H22N2O3/c1-14-3-7-16(8-4-14)13-18(20(25)21-11-12-23)22-19(24)17-9-5-15(2)6-10-17/h3-10,13,23H,11-12H2,1-2H3,(H,21,25)(H,22,24). The Morgan fingerprint density at radius 3 is 2.08 bits per heavy atom. The lowest BCUT2D eigenvalue weighted by Crippen LogP contribution is -2.36. The van der Waals surface area contributed by atoms with Gasteiger partial charge in [0.2, 0.25) is 0 Å². The summed E-state index contributed by atoms with van der Waals surface area (Å²) < 4.78 is 0. The highest BCUT2D eigenvalue weighted by Crippen LogP contribution is 2.09. The van der Waals surface area contributed by atoms with Crippen LogP contribution < -0.4 is 10.6 Å². The Morgan fingerprint density at radius 2 is 1.52 bits per heavy atom. The normalized spacial score (nSPS) is 11.1. The van der Waals surface area contributed by atoms with Gasteiger partial charge in [0.15, 0.2) is 0 Å². The van der Waals surface area contributed by atoms with Gasteiger partial charge in [0, 0.05) is 12.1 Å². The van der Waals surface area contributed by atoms with Crippen molar-refractivity contribution >= 4 is 17.9 Å². The number of aryl methyl sites for hydroxylation is 2. The number of nitrogens with one attached hydrogen (secondary N) is 2. The molecule has 0 fully saturated rings. The molecule has 0 saturated heterocycles. The van der Waals surface area contributed by atoms with Crippen molar-refractivity contribution in [1.29, 1.82) is 0 Å². The maximum absolute atomic E-state index is 12.4. The number of benzene rings is 2. The summed E-state index contributed by atoms with van der Waals surface area (Å²) in [5, 5.41) is 14.1. The van der Waals surface area contributed by atoms with Crippen LogP contribution in [0.5, 0.6) is 0 Å². The van der Waals surface area contributed by atoms with Crippen LogP contribution in [0.25, 0.3) is 6.08 Å². The van der Waals surface area contributed by atoms with Gasteiger partial charge in [-0.2, -0.15) is 0 Å². The Labute approximate surface area is 147 Å². The smallest absolute Gasteiger partial charge is 0.267 e. The summed E-state index contributed by atoms with van der Waals surface area (Å²) in [6.45, 7) is 3.86. The summed E-state index contributed by atoms with van der Waals surface area (Å²) in [6, 6.07) is 14.7. The summed E-state index contributed by atoms with van der Waals surface area (Å²) in [7, 11) is 0. The number of carbonyl (C=O) groups is 2. The first kappa shape index (κ1) is 18.4. The van der Waals surface area contributed by atoms with Crippen LogP contribution in [0.15, 0.2) is 54.2 Å². The molecule has 0 radical (unpaired) electrons. The lowest BCUT2D eigenvalue weighted by molar-refractivity contribution is -0.117. The predicted octanol–water partition coefficient (Wildman–Crippen LogP) is 2.18. The van der Waals surface area contributed by atoms with Gasteiger partial charge >= 0.3 is 0 Å². The topological polar surface area (TPSA) is 78.4 Å². The van der Waals surface area contributed by atoms with Gasteiger partial charge in [-0.15, -0.1) is 0 Å². The largest absolute Gasteiger partial charge is 0.395 e. The van der Waals surface area contributed by atoms with Crippen LogP contribution in [0.3, 0.4) is 0 Å². The number of carbonyl (C=O) groups excluding carboxylic acids is 2. The fraction of sp³-hybridized carbons (Fsp3) is 0.200. The molecule has 0 unspecified atom stereocenters. The Kier molecular flexibility index (Phi) is 6.48. The molecule has 2 rings (SSSR count). The molecule has 5 heteroatoms. The van der Waals surface area contributed by atoms with Gasteiger partial charge < -0.3 is 15.7 Å². The van der Waals surface area contributed by atoms with E-state index in [1.54, 1.807) is 18.2 Å². The van der Waals surface area contributed by atoms with E-state index < -0.39 is 5.91 Å². The van der Waals surface area contributed by atoms with Crippen LogP contribution in [0, 0.1) is 13.8 Å². The van der Waals surface area contributed by atoms with Crippen LogP contribution in [-0.2, 0) is 4.79 Å². The third-order valence-electron chi connectivity index (χ3n) is 3.59. The molecule has 0 aliphatic rings. The molecule has 130 valence electrons. The summed E-state index contributed by atoms with van der Waals surface area (Å²) in [4.78, 5) is 24.7. The molecular formula is C20H22N2O3. The van der Waals surface area contributed by atoms with E-state index in [9.17, 15) is 9.59 Å². The van der Waals surface area contributed by atoms with Crippen molar-refractivity contribution in [3.63, 3.8) is 0 Å². The second-order valence-corrected chi connectivity index (χ2v) is 5.77. The van der Waals surface area contributed by atoms with Gasteiger partial charge in [0.05, 0.1) is 6.61 Å². The molecule has 2 amide bonds. The highest BCUT2D eigenvalue weighted by Gasteiger charge is 2.14. The lowest BCUT2D eigenvalue weighted by Gasteiger charge is -2.11. The van der Waals surface area contributed by atoms with Gasteiger partial charge in [-0.05, 0) is 37.6 Å². The number of aliphatic hydroxyl groups excluding tert-OH is 1. The lowest BCUT2D eigenvalue weighted by atomic mass is 10.1. The maximum Gasteiger partial charge on any atom is 0.267 e. The molecule has 25 heavy (non-hydrogen) atoms. The number of rotatable bonds is 6. The van der Waals surface area contributed by atoms with Crippen molar-refractivity contribution in [2.24, 2.45) is 0 Å². The molecule has 3 N–H and O–H groups in total.